The predicted octanol–water partition coefficient (Wildman–Crippen LogP) is 6.25. The van der Waals surface area contributed by atoms with E-state index < -0.39 is 35.8 Å². The number of amides is 2. The van der Waals surface area contributed by atoms with Crippen LogP contribution in [-0.2, 0) is 16.1 Å². The minimum Gasteiger partial charge on any atom is -0.457 e. The van der Waals surface area contributed by atoms with Gasteiger partial charge in [0.1, 0.15) is 27.3 Å². The first-order chi connectivity index (χ1) is 22.5. The number of benzene rings is 2. The first-order valence-corrected chi connectivity index (χ1v) is 17.0. The Morgan fingerprint density at radius 1 is 1.15 bits per heavy atom. The van der Waals surface area contributed by atoms with Crippen molar-refractivity contribution in [2.24, 2.45) is 5.92 Å². The van der Waals surface area contributed by atoms with Crippen molar-refractivity contribution in [2.75, 3.05) is 32.8 Å². The minimum absolute atomic E-state index is 0.0197. The largest absolute Gasteiger partial charge is 0.457 e. The molecule has 0 radical (unpaired) electrons. The molecule has 0 unspecified atom stereocenters. The highest BCUT2D eigenvalue weighted by molar-refractivity contribution is 7.14. The maximum Gasteiger partial charge on any atom is 0.280 e. The SMILES string of the molecule is CC(C)c1nnc(-c2ccc(Oc3cc(C(=O)N[C@@H]4CCN(C5CCOCC5)CC4(F)F)c(F)cc3CN3C[C@@H](C)CC3=O)cc2)s1. The van der Waals surface area contributed by atoms with Crippen LogP contribution in [0.3, 0.4) is 0 Å². The molecule has 0 aliphatic carbocycles. The van der Waals surface area contributed by atoms with Crippen LogP contribution in [0.25, 0.3) is 10.6 Å². The number of halogens is 3. The zero-order valence-corrected chi connectivity index (χ0v) is 27.6. The topological polar surface area (TPSA) is 96.9 Å². The number of likely N-dealkylation sites (tertiary alicyclic amines) is 2. The summed E-state index contributed by atoms with van der Waals surface area (Å²) in [6.45, 7) is 7.68. The molecule has 0 saturated carbocycles. The van der Waals surface area contributed by atoms with E-state index in [1.807, 2.05) is 19.1 Å². The van der Waals surface area contributed by atoms with E-state index in [-0.39, 0.29) is 42.5 Å². The number of hydrogen-bond acceptors (Lipinski definition) is 8. The van der Waals surface area contributed by atoms with Gasteiger partial charge >= 0.3 is 0 Å². The van der Waals surface area contributed by atoms with Crippen LogP contribution in [0.15, 0.2) is 36.4 Å². The fourth-order valence-corrected chi connectivity index (χ4v) is 7.29. The number of nitrogens with one attached hydrogen (secondary N) is 1. The molecular formula is C34H40F3N5O4S. The number of hydrogen-bond donors (Lipinski definition) is 1. The van der Waals surface area contributed by atoms with Crippen LogP contribution in [0.4, 0.5) is 13.2 Å². The summed E-state index contributed by atoms with van der Waals surface area (Å²) in [7, 11) is 0. The van der Waals surface area contributed by atoms with E-state index in [0.29, 0.717) is 56.9 Å². The van der Waals surface area contributed by atoms with E-state index in [2.05, 4.69) is 29.4 Å². The molecule has 6 rings (SSSR count). The summed E-state index contributed by atoms with van der Waals surface area (Å²) in [6.07, 6.45) is 1.82. The van der Waals surface area contributed by atoms with Gasteiger partial charge in [-0.25, -0.2) is 13.2 Å². The summed E-state index contributed by atoms with van der Waals surface area (Å²) >= 11 is 1.50. The Kier molecular flexibility index (Phi) is 9.86. The molecule has 2 atom stereocenters. The van der Waals surface area contributed by atoms with Crippen LogP contribution >= 0.6 is 11.3 Å². The lowest BCUT2D eigenvalue weighted by Crippen LogP contribution is -2.60. The number of carbonyl (C=O) groups excluding carboxylic acids is 2. The Balaban J connectivity index is 1.22. The monoisotopic (exact) mass is 671 g/mol. The van der Waals surface area contributed by atoms with Crippen LogP contribution in [0.2, 0.25) is 0 Å². The molecule has 3 aromatic rings. The smallest absolute Gasteiger partial charge is 0.280 e. The van der Waals surface area contributed by atoms with E-state index >= 15 is 13.2 Å². The number of rotatable bonds is 9. The molecule has 3 aliphatic rings. The van der Waals surface area contributed by atoms with Crippen molar-refractivity contribution in [1.82, 2.24) is 25.3 Å². The van der Waals surface area contributed by atoms with Crippen molar-refractivity contribution < 1.29 is 32.2 Å². The highest BCUT2D eigenvalue weighted by Gasteiger charge is 2.47. The summed E-state index contributed by atoms with van der Waals surface area (Å²) in [6, 6.07) is 8.11. The van der Waals surface area contributed by atoms with Gasteiger partial charge in [0.2, 0.25) is 5.91 Å². The van der Waals surface area contributed by atoms with E-state index in [1.165, 1.54) is 17.4 Å². The lowest BCUT2D eigenvalue weighted by molar-refractivity contribution is -0.128. The quantitative estimate of drug-likeness (QED) is 0.288. The third-order valence-electron chi connectivity index (χ3n) is 9.07. The molecule has 1 aromatic heterocycles. The molecular weight excluding hydrogens is 631 g/mol. The molecule has 13 heteroatoms. The van der Waals surface area contributed by atoms with Crippen molar-refractivity contribution in [3.8, 4) is 22.1 Å². The van der Waals surface area contributed by atoms with Gasteiger partial charge < -0.3 is 19.7 Å². The van der Waals surface area contributed by atoms with Gasteiger partial charge in [0, 0.05) is 62.4 Å². The Morgan fingerprint density at radius 2 is 1.89 bits per heavy atom. The maximum absolute atomic E-state index is 15.6. The van der Waals surface area contributed by atoms with E-state index in [0.717, 1.165) is 21.6 Å². The Labute approximate surface area is 276 Å². The predicted molar refractivity (Wildman–Crippen MR) is 171 cm³/mol. The van der Waals surface area contributed by atoms with Crippen molar-refractivity contribution in [1.29, 1.82) is 0 Å². The second-order valence-corrected chi connectivity index (χ2v) is 14.1. The summed E-state index contributed by atoms with van der Waals surface area (Å²) in [5, 5.41) is 12.6. The summed E-state index contributed by atoms with van der Waals surface area (Å²) in [5.41, 5.74) is 0.812. The fourth-order valence-electron chi connectivity index (χ4n) is 6.43. The van der Waals surface area contributed by atoms with Crippen LogP contribution < -0.4 is 10.1 Å². The van der Waals surface area contributed by atoms with Crippen LogP contribution in [0.1, 0.15) is 73.3 Å². The zero-order valence-electron chi connectivity index (χ0n) is 26.8. The lowest BCUT2D eigenvalue weighted by Gasteiger charge is -2.43. The molecule has 3 aliphatic heterocycles. The maximum atomic E-state index is 15.6. The molecule has 0 bridgehead atoms. The summed E-state index contributed by atoms with van der Waals surface area (Å²) in [5.74, 6) is -4.08. The molecule has 2 aromatic carbocycles. The number of alkyl halides is 2. The van der Waals surface area contributed by atoms with Gasteiger partial charge in [-0.05, 0) is 61.6 Å². The number of ether oxygens (including phenoxy) is 2. The third kappa shape index (κ3) is 7.62. The van der Waals surface area contributed by atoms with Gasteiger partial charge in [-0.2, -0.15) is 0 Å². The average molecular weight is 672 g/mol. The summed E-state index contributed by atoms with van der Waals surface area (Å²) < 4.78 is 57.8. The molecule has 2 amide bonds. The molecule has 0 spiro atoms. The first-order valence-electron chi connectivity index (χ1n) is 16.2. The number of carbonyl (C=O) groups is 2. The molecule has 47 heavy (non-hydrogen) atoms. The lowest BCUT2D eigenvalue weighted by atomic mass is 9.96. The van der Waals surface area contributed by atoms with Gasteiger partial charge in [0.25, 0.3) is 11.8 Å². The van der Waals surface area contributed by atoms with Gasteiger partial charge in [-0.1, -0.05) is 32.1 Å². The highest BCUT2D eigenvalue weighted by Crippen LogP contribution is 2.35. The van der Waals surface area contributed by atoms with E-state index in [4.69, 9.17) is 9.47 Å². The number of piperidine rings is 1. The minimum atomic E-state index is -3.20. The van der Waals surface area contributed by atoms with Crippen molar-refractivity contribution in [2.45, 2.75) is 76.9 Å². The van der Waals surface area contributed by atoms with Gasteiger partial charge in [-0.15, -0.1) is 10.2 Å². The Hall–Kier alpha value is -3.55. The molecule has 3 saturated heterocycles. The molecule has 4 heterocycles. The standard InChI is InChI=1S/C34H40F3N5O4S/c1-20(2)32-39-40-33(47-32)22-4-6-25(7-5-22)46-28-16-26(27(35)15-23(28)18-42-17-21(3)14-30(42)43)31(44)38-29-8-11-41(19-34(29,36)37)24-9-12-45-13-10-24/h4-7,15-16,20-21,24,29H,8-14,17-19H2,1-3H3,(H,38,44)/t21-,29+/m0/s1. The van der Waals surface area contributed by atoms with E-state index in [9.17, 15) is 9.59 Å². The van der Waals surface area contributed by atoms with E-state index in [1.54, 1.807) is 21.9 Å². The number of aromatic nitrogens is 2. The molecule has 252 valence electrons. The zero-order chi connectivity index (χ0) is 33.3. The number of nitrogens with zero attached hydrogens (tertiary/aromatic N) is 4. The molecule has 9 nitrogen and oxygen atoms in total. The van der Waals surface area contributed by atoms with Crippen molar-refractivity contribution in [3.63, 3.8) is 0 Å². The van der Waals surface area contributed by atoms with Crippen molar-refractivity contribution in [3.05, 3.63) is 58.3 Å². The van der Waals surface area contributed by atoms with Crippen LogP contribution in [0.5, 0.6) is 11.5 Å². The molecule has 3 fully saturated rings. The second kappa shape index (κ2) is 13.9. The molecule has 1 N–H and O–H groups in total. The second-order valence-electron chi connectivity index (χ2n) is 13.1. The Bertz CT molecular complexity index is 1590. The average Bonchev–Trinajstić information content (AvgIpc) is 3.66. The Morgan fingerprint density at radius 3 is 2.53 bits per heavy atom. The fraction of sp³-hybridized carbons (Fsp3) is 0.529. The highest BCUT2D eigenvalue weighted by atomic mass is 32.1. The normalized spacial score (nSPS) is 22.2. The third-order valence-corrected chi connectivity index (χ3v) is 10.3. The van der Waals surface area contributed by atoms with Gasteiger partial charge in [0.05, 0.1) is 18.2 Å². The van der Waals surface area contributed by atoms with Crippen LogP contribution in [-0.4, -0.2) is 82.7 Å². The van der Waals surface area contributed by atoms with Crippen LogP contribution in [0, 0.1) is 11.7 Å². The van der Waals surface area contributed by atoms with Crippen molar-refractivity contribution >= 4 is 23.2 Å². The van der Waals surface area contributed by atoms with Gasteiger partial charge in [0.15, 0.2) is 0 Å². The first kappa shape index (κ1) is 33.4. The summed E-state index contributed by atoms with van der Waals surface area (Å²) in [4.78, 5) is 29.3. The van der Waals surface area contributed by atoms with Gasteiger partial charge in [-0.3, -0.25) is 14.5 Å².